The zero-order chi connectivity index (χ0) is 25.4. The number of hydrogen-bond donors (Lipinski definition) is 2. The number of pyridine rings is 1. The fourth-order valence-electron chi connectivity index (χ4n) is 5.55. The van der Waals surface area contributed by atoms with E-state index in [1.54, 1.807) is 18.3 Å². The summed E-state index contributed by atoms with van der Waals surface area (Å²) in [6.45, 7) is 9.22. The highest BCUT2D eigenvalue weighted by Crippen LogP contribution is 2.38. The second-order valence-electron chi connectivity index (χ2n) is 10.4. The van der Waals surface area contributed by atoms with Crippen LogP contribution in [0.4, 0.5) is 0 Å². The van der Waals surface area contributed by atoms with Gasteiger partial charge in [0.2, 0.25) is 5.91 Å². The van der Waals surface area contributed by atoms with Crippen molar-refractivity contribution in [1.82, 2.24) is 29.4 Å². The monoisotopic (exact) mass is 488 g/mol. The molecule has 0 spiro atoms. The van der Waals surface area contributed by atoms with Crippen LogP contribution in [0.2, 0.25) is 0 Å². The van der Waals surface area contributed by atoms with E-state index in [0.29, 0.717) is 24.9 Å². The number of aromatic nitrogens is 4. The molecule has 1 saturated heterocycles. The maximum Gasteiger partial charge on any atom is 0.236 e. The van der Waals surface area contributed by atoms with Crippen molar-refractivity contribution < 1.29 is 9.90 Å². The first-order valence-electron chi connectivity index (χ1n) is 12.9. The molecular weight excluding hydrogens is 452 g/mol. The number of nitrogens with one attached hydrogen (secondary N) is 1. The van der Waals surface area contributed by atoms with Crippen molar-refractivity contribution in [3.63, 3.8) is 0 Å². The molecule has 1 aliphatic heterocycles. The molecule has 0 atom stereocenters. The summed E-state index contributed by atoms with van der Waals surface area (Å²) >= 11 is 0. The minimum Gasteiger partial charge on any atom is -0.395 e. The lowest BCUT2D eigenvalue weighted by Gasteiger charge is -2.32. The van der Waals surface area contributed by atoms with Gasteiger partial charge in [-0.3, -0.25) is 9.69 Å². The number of carbonyl (C=O) groups excluding carboxylic acids is 1. The van der Waals surface area contributed by atoms with Gasteiger partial charge in [0, 0.05) is 36.3 Å². The fraction of sp³-hybridized carbons (Fsp3) is 0.464. The highest BCUT2D eigenvalue weighted by molar-refractivity contribution is 5.92. The maximum absolute atomic E-state index is 12.4. The van der Waals surface area contributed by atoms with Crippen LogP contribution in [0.25, 0.3) is 27.8 Å². The molecule has 36 heavy (non-hydrogen) atoms. The number of nitrogens with zero attached hydrogens (tertiary/aromatic N) is 5. The number of piperidine rings is 1. The number of amides is 1. The van der Waals surface area contributed by atoms with E-state index in [1.165, 1.54) is 16.5 Å². The number of aryl methyl sites for hydroxylation is 1. The normalized spacial score (nSPS) is 15.4. The smallest absolute Gasteiger partial charge is 0.236 e. The van der Waals surface area contributed by atoms with Crippen LogP contribution >= 0.6 is 0 Å². The van der Waals surface area contributed by atoms with Gasteiger partial charge in [0.05, 0.1) is 18.8 Å². The number of fused-ring (bicyclic) bond motifs is 2. The van der Waals surface area contributed by atoms with E-state index in [4.69, 9.17) is 5.11 Å². The molecule has 0 radical (unpaired) electrons. The summed E-state index contributed by atoms with van der Waals surface area (Å²) < 4.78 is 1.85. The van der Waals surface area contributed by atoms with Gasteiger partial charge in [-0.15, -0.1) is 0 Å². The van der Waals surface area contributed by atoms with Crippen molar-refractivity contribution >= 4 is 22.5 Å². The van der Waals surface area contributed by atoms with E-state index in [2.05, 4.69) is 71.2 Å². The minimum absolute atomic E-state index is 0.000686. The first-order chi connectivity index (χ1) is 17.4. The Morgan fingerprint density at radius 1 is 1.25 bits per heavy atom. The number of H-pyrrole nitrogens is 1. The molecule has 190 valence electrons. The quantitative estimate of drug-likeness (QED) is 0.411. The van der Waals surface area contributed by atoms with Crippen LogP contribution in [0, 0.1) is 6.92 Å². The van der Waals surface area contributed by atoms with Crippen molar-refractivity contribution in [3.05, 3.63) is 53.5 Å². The van der Waals surface area contributed by atoms with Gasteiger partial charge in [-0.1, -0.05) is 19.9 Å². The van der Waals surface area contributed by atoms with Crippen LogP contribution < -0.4 is 0 Å². The Morgan fingerprint density at radius 2 is 2.03 bits per heavy atom. The summed E-state index contributed by atoms with van der Waals surface area (Å²) in [5, 5.41) is 14.7. The molecule has 1 amide bonds. The Hall–Kier alpha value is -3.23. The van der Waals surface area contributed by atoms with E-state index in [0.717, 1.165) is 53.9 Å². The van der Waals surface area contributed by atoms with E-state index in [-0.39, 0.29) is 12.5 Å². The Balaban J connectivity index is 1.39. The highest BCUT2D eigenvalue weighted by Gasteiger charge is 2.24. The summed E-state index contributed by atoms with van der Waals surface area (Å²) in [5.74, 6) is 0.923. The molecule has 8 heteroatoms. The van der Waals surface area contributed by atoms with Crippen LogP contribution in [0.3, 0.4) is 0 Å². The summed E-state index contributed by atoms with van der Waals surface area (Å²) in [6, 6.07) is 9.06. The van der Waals surface area contributed by atoms with Crippen LogP contribution in [0.15, 0.2) is 36.8 Å². The number of benzene rings is 1. The molecule has 5 rings (SSSR count). The second-order valence-corrected chi connectivity index (χ2v) is 10.4. The Kier molecular flexibility index (Phi) is 6.81. The number of aromatic amines is 1. The molecule has 2 N–H and O–H groups in total. The number of aliphatic hydroxyl groups excluding tert-OH is 1. The Morgan fingerprint density at radius 3 is 2.75 bits per heavy atom. The zero-order valence-corrected chi connectivity index (χ0v) is 21.7. The lowest BCUT2D eigenvalue weighted by Crippen LogP contribution is -2.42. The highest BCUT2D eigenvalue weighted by atomic mass is 16.3. The fourth-order valence-corrected chi connectivity index (χ4v) is 5.55. The average molecular weight is 489 g/mol. The first kappa shape index (κ1) is 24.5. The number of rotatable bonds is 7. The van der Waals surface area contributed by atoms with Crippen molar-refractivity contribution in [2.75, 3.05) is 39.8 Å². The van der Waals surface area contributed by atoms with E-state index in [9.17, 15) is 4.79 Å². The van der Waals surface area contributed by atoms with Gasteiger partial charge in [-0.05, 0) is 79.6 Å². The van der Waals surface area contributed by atoms with Crippen molar-refractivity contribution in [3.8, 4) is 11.3 Å². The number of aliphatic hydroxyl groups is 1. The largest absolute Gasteiger partial charge is 0.395 e. The van der Waals surface area contributed by atoms with E-state index >= 15 is 0 Å². The van der Waals surface area contributed by atoms with Gasteiger partial charge in [-0.2, -0.15) is 5.10 Å². The average Bonchev–Trinajstić information content (AvgIpc) is 3.49. The molecular formula is C28H36N6O2. The van der Waals surface area contributed by atoms with Gasteiger partial charge in [0.15, 0.2) is 5.65 Å². The van der Waals surface area contributed by atoms with Gasteiger partial charge in [-0.25, -0.2) is 9.50 Å². The lowest BCUT2D eigenvalue weighted by molar-refractivity contribution is -0.131. The second kappa shape index (κ2) is 10.0. The van der Waals surface area contributed by atoms with Gasteiger partial charge >= 0.3 is 0 Å². The lowest BCUT2D eigenvalue weighted by atomic mass is 9.87. The number of likely N-dealkylation sites (tertiary alicyclic amines) is 1. The zero-order valence-electron chi connectivity index (χ0n) is 21.7. The van der Waals surface area contributed by atoms with Crippen molar-refractivity contribution in [2.45, 2.75) is 45.4 Å². The van der Waals surface area contributed by atoms with Gasteiger partial charge in [0.25, 0.3) is 0 Å². The van der Waals surface area contributed by atoms with E-state index < -0.39 is 0 Å². The summed E-state index contributed by atoms with van der Waals surface area (Å²) in [6.07, 6.45) is 5.74. The van der Waals surface area contributed by atoms with Crippen molar-refractivity contribution in [2.24, 2.45) is 0 Å². The van der Waals surface area contributed by atoms with Gasteiger partial charge in [0.1, 0.15) is 6.33 Å². The molecule has 0 unspecified atom stereocenters. The summed E-state index contributed by atoms with van der Waals surface area (Å²) in [7, 11) is 1.75. The number of carbonyl (C=O) groups is 1. The first-order valence-corrected chi connectivity index (χ1v) is 12.9. The molecule has 1 aliphatic rings. The molecule has 1 fully saturated rings. The third-order valence-electron chi connectivity index (χ3n) is 7.57. The number of hydrogen-bond acceptors (Lipinski definition) is 5. The topological polar surface area (TPSA) is 89.8 Å². The molecule has 3 aromatic heterocycles. The molecule has 4 heterocycles. The van der Waals surface area contributed by atoms with Crippen LogP contribution in [-0.4, -0.2) is 80.2 Å². The van der Waals surface area contributed by atoms with Crippen LogP contribution in [-0.2, 0) is 4.79 Å². The van der Waals surface area contributed by atoms with Crippen LogP contribution in [0.1, 0.15) is 55.2 Å². The summed E-state index contributed by atoms with van der Waals surface area (Å²) in [5.41, 5.74) is 8.13. The molecule has 4 aromatic rings. The molecule has 1 aromatic carbocycles. The third-order valence-corrected chi connectivity index (χ3v) is 7.57. The minimum atomic E-state index is 0.000686. The van der Waals surface area contributed by atoms with Gasteiger partial charge < -0.3 is 15.0 Å². The standard InChI is InChI=1S/C28H36N6O2/c1-18(2)26-23-14-21(20-7-9-33(10-8-20)16-25(36)32(4)11-12-35)5-6-24(23)31-27(26)22-13-19(3)28-29-17-30-34(28)15-22/h5-6,13-15,17-18,20,31,35H,7-12,16H2,1-4H3. The Labute approximate surface area is 211 Å². The predicted octanol–water partition coefficient (Wildman–Crippen LogP) is 3.94. The van der Waals surface area contributed by atoms with Crippen LogP contribution in [0.5, 0.6) is 0 Å². The summed E-state index contributed by atoms with van der Waals surface area (Å²) in [4.78, 5) is 24.3. The third kappa shape index (κ3) is 4.63. The SMILES string of the molecule is Cc1cc(-c2[nH]c3ccc(C4CCN(CC(=O)N(C)CCO)CC4)cc3c2C(C)C)cn2ncnc12. The molecule has 8 nitrogen and oxygen atoms in total. The molecule has 0 aliphatic carbocycles. The predicted molar refractivity (Wildman–Crippen MR) is 142 cm³/mol. The molecule has 0 bridgehead atoms. The van der Waals surface area contributed by atoms with Crippen molar-refractivity contribution in [1.29, 1.82) is 0 Å². The number of likely N-dealkylation sites (N-methyl/N-ethyl adjacent to an activating group) is 1. The maximum atomic E-state index is 12.4. The van der Waals surface area contributed by atoms with E-state index in [1.807, 2.05) is 4.52 Å². The molecule has 0 saturated carbocycles. The Bertz CT molecular complexity index is 1380.